The van der Waals surface area contributed by atoms with Crippen LogP contribution in [0.15, 0.2) is 76.5 Å². The van der Waals surface area contributed by atoms with Gasteiger partial charge in [-0.25, -0.2) is 16.8 Å². The van der Waals surface area contributed by atoms with Crippen molar-refractivity contribution in [2.75, 3.05) is 44.2 Å². The quantitative estimate of drug-likeness (QED) is 0.357. The average Bonchev–Trinajstić information content (AvgIpc) is 2.93. The number of ether oxygens (including phenoxy) is 2. The first kappa shape index (κ1) is 28.6. The van der Waals surface area contributed by atoms with Crippen molar-refractivity contribution >= 4 is 31.6 Å². The molecule has 0 unspecified atom stereocenters. The van der Waals surface area contributed by atoms with E-state index in [4.69, 9.17) is 9.47 Å². The van der Waals surface area contributed by atoms with Gasteiger partial charge in [0.25, 0.3) is 15.9 Å². The summed E-state index contributed by atoms with van der Waals surface area (Å²) in [4.78, 5) is 12.9. The normalized spacial score (nSPS) is 14.5. The molecule has 0 aromatic heterocycles. The number of carbonyl (C=O) groups excluding carboxylic acids is 1. The zero-order chi connectivity index (χ0) is 28.0. The Morgan fingerprint density at radius 1 is 0.923 bits per heavy atom. The summed E-state index contributed by atoms with van der Waals surface area (Å²) in [5.41, 5.74) is 1.95. The monoisotopic (exact) mass is 573 g/mol. The molecule has 1 fully saturated rings. The minimum atomic E-state index is -3.91. The average molecular weight is 574 g/mol. The largest absolute Gasteiger partial charge is 0.492 e. The van der Waals surface area contributed by atoms with Gasteiger partial charge in [-0.1, -0.05) is 24.3 Å². The SMILES string of the molecule is Cc1ccccc1NS(=O)(=O)c1cc(C(=O)NCCOc2ccc(S(=O)(=O)N3CCOCC3)cc2)ccc1C. The smallest absolute Gasteiger partial charge is 0.262 e. The van der Waals surface area contributed by atoms with Crippen LogP contribution < -0.4 is 14.8 Å². The number of hydrogen-bond acceptors (Lipinski definition) is 7. The highest BCUT2D eigenvalue weighted by Gasteiger charge is 2.26. The predicted octanol–water partition coefficient (Wildman–Crippen LogP) is 2.93. The molecule has 39 heavy (non-hydrogen) atoms. The minimum Gasteiger partial charge on any atom is -0.492 e. The number of amides is 1. The number of hydrogen-bond donors (Lipinski definition) is 2. The number of nitrogens with one attached hydrogen (secondary N) is 2. The Kier molecular flexibility index (Phi) is 8.90. The van der Waals surface area contributed by atoms with Gasteiger partial charge in [0.15, 0.2) is 0 Å². The van der Waals surface area contributed by atoms with Crippen LogP contribution in [0.2, 0.25) is 0 Å². The van der Waals surface area contributed by atoms with Gasteiger partial charge in [0.05, 0.1) is 35.2 Å². The maximum absolute atomic E-state index is 13.0. The number of carbonyl (C=O) groups is 1. The van der Waals surface area contributed by atoms with Crippen LogP contribution >= 0.6 is 0 Å². The lowest BCUT2D eigenvalue weighted by Crippen LogP contribution is -2.40. The summed E-state index contributed by atoms with van der Waals surface area (Å²) in [6, 6.07) is 17.6. The highest BCUT2D eigenvalue weighted by Crippen LogP contribution is 2.23. The van der Waals surface area contributed by atoms with Crippen LogP contribution in [-0.2, 0) is 24.8 Å². The lowest BCUT2D eigenvalue weighted by Gasteiger charge is -2.26. The number of nitrogens with zero attached hydrogens (tertiary/aromatic N) is 1. The first-order valence-corrected chi connectivity index (χ1v) is 15.3. The molecule has 0 radical (unpaired) electrons. The lowest BCUT2D eigenvalue weighted by atomic mass is 10.1. The molecule has 1 heterocycles. The number of morpholine rings is 1. The molecule has 3 aromatic rings. The molecule has 1 amide bonds. The maximum atomic E-state index is 13.0. The first-order chi connectivity index (χ1) is 18.6. The molecule has 1 aliphatic heterocycles. The van der Waals surface area contributed by atoms with Crippen molar-refractivity contribution in [1.29, 1.82) is 0 Å². The van der Waals surface area contributed by atoms with E-state index in [1.807, 2.05) is 6.07 Å². The van der Waals surface area contributed by atoms with Gasteiger partial charge >= 0.3 is 0 Å². The number of aryl methyl sites for hydroxylation is 2. The van der Waals surface area contributed by atoms with Crippen molar-refractivity contribution < 1.29 is 31.1 Å². The predicted molar refractivity (Wildman–Crippen MR) is 147 cm³/mol. The first-order valence-electron chi connectivity index (χ1n) is 12.4. The van der Waals surface area contributed by atoms with Gasteiger partial charge in [0.2, 0.25) is 10.0 Å². The van der Waals surface area contributed by atoms with Gasteiger partial charge in [-0.3, -0.25) is 9.52 Å². The third-order valence-corrected chi connectivity index (χ3v) is 9.64. The molecule has 0 saturated carbocycles. The molecule has 0 atom stereocenters. The topological polar surface area (TPSA) is 131 Å². The van der Waals surface area contributed by atoms with Crippen LogP contribution in [0.1, 0.15) is 21.5 Å². The van der Waals surface area contributed by atoms with E-state index in [9.17, 15) is 21.6 Å². The van der Waals surface area contributed by atoms with Crippen molar-refractivity contribution in [2.24, 2.45) is 0 Å². The third-order valence-electron chi connectivity index (χ3n) is 6.22. The van der Waals surface area contributed by atoms with Crippen LogP contribution in [0.4, 0.5) is 5.69 Å². The third kappa shape index (κ3) is 6.95. The summed E-state index contributed by atoms with van der Waals surface area (Å²) in [5, 5.41) is 2.71. The second kappa shape index (κ2) is 12.2. The summed E-state index contributed by atoms with van der Waals surface area (Å²) in [5.74, 6) is 0.00839. The van der Waals surface area contributed by atoms with Crippen LogP contribution in [0.25, 0.3) is 0 Å². The Morgan fingerprint density at radius 2 is 1.62 bits per heavy atom. The molecule has 3 aromatic carbocycles. The molecule has 0 spiro atoms. The zero-order valence-corrected chi connectivity index (χ0v) is 23.3. The summed E-state index contributed by atoms with van der Waals surface area (Å²) in [6.07, 6.45) is 0. The molecule has 2 N–H and O–H groups in total. The van der Waals surface area contributed by atoms with Crippen molar-refractivity contribution in [1.82, 2.24) is 9.62 Å². The molecule has 0 bridgehead atoms. The molecule has 0 aliphatic carbocycles. The van der Waals surface area contributed by atoms with E-state index in [0.29, 0.717) is 43.3 Å². The molecule has 1 aliphatic rings. The fourth-order valence-electron chi connectivity index (χ4n) is 4.00. The van der Waals surface area contributed by atoms with Gasteiger partial charge in [-0.2, -0.15) is 4.31 Å². The molecule has 10 nitrogen and oxygen atoms in total. The van der Waals surface area contributed by atoms with E-state index >= 15 is 0 Å². The van der Waals surface area contributed by atoms with Crippen molar-refractivity contribution in [3.05, 3.63) is 83.4 Å². The summed E-state index contributed by atoms with van der Waals surface area (Å²) in [7, 11) is -7.50. The van der Waals surface area contributed by atoms with E-state index in [0.717, 1.165) is 5.56 Å². The maximum Gasteiger partial charge on any atom is 0.262 e. The number of anilines is 1. The number of para-hydroxylation sites is 1. The van der Waals surface area contributed by atoms with Crippen LogP contribution in [0, 0.1) is 13.8 Å². The summed E-state index contributed by atoms with van der Waals surface area (Å²) in [6.45, 7) is 5.14. The Balaban J connectivity index is 1.32. The van der Waals surface area contributed by atoms with Gasteiger partial charge < -0.3 is 14.8 Å². The molecule has 208 valence electrons. The van der Waals surface area contributed by atoms with Crippen molar-refractivity contribution in [2.45, 2.75) is 23.6 Å². The van der Waals surface area contributed by atoms with Crippen molar-refractivity contribution in [3.8, 4) is 5.75 Å². The molecule has 1 saturated heterocycles. The fraction of sp³-hybridized carbons (Fsp3) is 0.296. The molecule has 4 rings (SSSR count). The van der Waals surface area contributed by atoms with Gasteiger partial charge in [0, 0.05) is 18.7 Å². The Morgan fingerprint density at radius 3 is 2.31 bits per heavy atom. The summed E-state index contributed by atoms with van der Waals surface area (Å²) >= 11 is 0. The van der Waals surface area contributed by atoms with E-state index in [-0.39, 0.29) is 28.5 Å². The minimum absolute atomic E-state index is 0.0155. The highest BCUT2D eigenvalue weighted by atomic mass is 32.2. The highest BCUT2D eigenvalue weighted by molar-refractivity contribution is 7.92. The van der Waals surface area contributed by atoms with E-state index in [2.05, 4.69) is 10.0 Å². The Bertz CT molecular complexity index is 1530. The van der Waals surface area contributed by atoms with Crippen molar-refractivity contribution in [3.63, 3.8) is 0 Å². The van der Waals surface area contributed by atoms with Crippen LogP contribution in [0.3, 0.4) is 0 Å². The number of sulfonamides is 2. The standard InChI is InChI=1S/C27H31N3O7S2/c1-20-5-3-4-6-25(20)29-38(32,33)26-19-22(8-7-21(26)2)27(31)28-13-16-37-23-9-11-24(12-10-23)39(34,35)30-14-17-36-18-15-30/h3-12,19,29H,13-18H2,1-2H3,(H,28,31). The van der Waals surface area contributed by atoms with Gasteiger partial charge in [-0.15, -0.1) is 0 Å². The lowest BCUT2D eigenvalue weighted by molar-refractivity contribution is 0.0730. The Labute approximate surface area is 229 Å². The van der Waals surface area contributed by atoms with E-state index in [1.54, 1.807) is 56.3 Å². The van der Waals surface area contributed by atoms with Crippen LogP contribution in [-0.4, -0.2) is 66.5 Å². The second-order valence-electron chi connectivity index (χ2n) is 8.99. The second-order valence-corrected chi connectivity index (χ2v) is 12.6. The molecular weight excluding hydrogens is 542 g/mol. The van der Waals surface area contributed by atoms with E-state index in [1.165, 1.54) is 22.5 Å². The van der Waals surface area contributed by atoms with Gasteiger partial charge in [-0.05, 0) is 67.4 Å². The number of benzene rings is 3. The fourth-order valence-corrected chi connectivity index (χ4v) is 6.81. The molecule has 12 heteroatoms. The van der Waals surface area contributed by atoms with E-state index < -0.39 is 26.0 Å². The zero-order valence-electron chi connectivity index (χ0n) is 21.7. The molecular formula is C27H31N3O7S2. The van der Waals surface area contributed by atoms with Gasteiger partial charge in [0.1, 0.15) is 12.4 Å². The summed E-state index contributed by atoms with van der Waals surface area (Å²) < 4.78 is 66.3. The van der Waals surface area contributed by atoms with Crippen LogP contribution in [0.5, 0.6) is 5.75 Å². The number of rotatable bonds is 10. The Hall–Kier alpha value is -3.45.